The van der Waals surface area contributed by atoms with E-state index in [1.807, 2.05) is 0 Å². The summed E-state index contributed by atoms with van der Waals surface area (Å²) in [6.45, 7) is 8.13. The highest BCUT2D eigenvalue weighted by Crippen LogP contribution is 2.10. The maximum Gasteiger partial charge on any atom is 0.303 e. The van der Waals surface area contributed by atoms with E-state index in [2.05, 4.69) is 13.8 Å². The summed E-state index contributed by atoms with van der Waals surface area (Å²) in [5.41, 5.74) is -0.306. The first-order valence-electron chi connectivity index (χ1n) is 7.18. The number of carboxylic acids is 1. The summed E-state index contributed by atoms with van der Waals surface area (Å²) < 4.78 is 0. The van der Waals surface area contributed by atoms with Crippen molar-refractivity contribution in [1.29, 1.82) is 0 Å². The molecule has 0 aliphatic carbocycles. The van der Waals surface area contributed by atoms with Crippen molar-refractivity contribution in [3.8, 4) is 0 Å². The van der Waals surface area contributed by atoms with Gasteiger partial charge in [0.25, 0.3) is 0 Å². The maximum absolute atomic E-state index is 10.1. The molecule has 0 aromatic rings. The molecule has 4 heteroatoms. The minimum atomic E-state index is -0.668. The summed E-state index contributed by atoms with van der Waals surface area (Å²) in [4.78, 5) is 10.1. The van der Waals surface area contributed by atoms with Crippen molar-refractivity contribution in [2.24, 2.45) is 11.3 Å². The first-order valence-corrected chi connectivity index (χ1v) is 7.18. The lowest BCUT2D eigenvalue weighted by Gasteiger charge is -2.16. The summed E-state index contributed by atoms with van der Waals surface area (Å²) in [6, 6.07) is 0. The second-order valence-electron chi connectivity index (χ2n) is 6.22. The molecule has 0 saturated carbocycles. The first kappa shape index (κ1) is 20.7. The quantitative estimate of drug-likeness (QED) is 0.566. The molecule has 0 aliphatic heterocycles. The first-order chi connectivity index (χ1) is 8.75. The Morgan fingerprint density at radius 1 is 1.00 bits per heavy atom. The second kappa shape index (κ2) is 12.4. The van der Waals surface area contributed by atoms with Crippen molar-refractivity contribution < 1.29 is 20.1 Å². The molecule has 0 rings (SSSR count). The molecule has 0 atom stereocenters. The number of carbonyl (C=O) groups is 1. The number of hydrogen-bond donors (Lipinski definition) is 3. The minimum Gasteiger partial charge on any atom is -0.481 e. The number of hydrogen-bond acceptors (Lipinski definition) is 3. The van der Waals surface area contributed by atoms with Gasteiger partial charge >= 0.3 is 5.97 Å². The third kappa shape index (κ3) is 19.9. The molecular formula is C15H32O4. The second-order valence-corrected chi connectivity index (χ2v) is 6.22. The molecule has 0 aliphatic rings. The van der Waals surface area contributed by atoms with E-state index in [-0.39, 0.29) is 18.6 Å². The Kier molecular flexibility index (Phi) is 13.5. The summed E-state index contributed by atoms with van der Waals surface area (Å²) in [6.07, 6.45) is 5.95. The molecule has 0 spiro atoms. The van der Waals surface area contributed by atoms with E-state index in [0.29, 0.717) is 6.42 Å². The van der Waals surface area contributed by atoms with E-state index in [1.165, 1.54) is 19.3 Å². The molecule has 19 heavy (non-hydrogen) atoms. The van der Waals surface area contributed by atoms with Gasteiger partial charge in [0.2, 0.25) is 0 Å². The van der Waals surface area contributed by atoms with Gasteiger partial charge in [0.1, 0.15) is 0 Å². The van der Waals surface area contributed by atoms with Crippen LogP contribution in [0.3, 0.4) is 0 Å². The van der Waals surface area contributed by atoms with Crippen LogP contribution in [0.15, 0.2) is 0 Å². The van der Waals surface area contributed by atoms with Gasteiger partial charge in [0, 0.05) is 11.8 Å². The van der Waals surface area contributed by atoms with Crippen LogP contribution in [-0.2, 0) is 4.79 Å². The average molecular weight is 276 g/mol. The van der Waals surface area contributed by atoms with Gasteiger partial charge in [-0.25, -0.2) is 0 Å². The molecule has 0 radical (unpaired) electrons. The standard InChI is InChI=1S/C10H20O2.C5H12O2/c1-9(2)7-5-3-4-6-8-10(11)12;1-5(2,3-6)4-7/h9H,3-8H2,1-2H3,(H,11,12);6-7H,3-4H2,1-2H3. The van der Waals surface area contributed by atoms with E-state index in [0.717, 1.165) is 18.8 Å². The van der Waals surface area contributed by atoms with Crippen LogP contribution >= 0.6 is 0 Å². The van der Waals surface area contributed by atoms with Crippen LogP contribution in [0, 0.1) is 11.3 Å². The van der Waals surface area contributed by atoms with Gasteiger partial charge in [-0.05, 0) is 12.3 Å². The molecule has 3 N–H and O–H groups in total. The normalized spacial score (nSPS) is 11.1. The molecular weight excluding hydrogens is 244 g/mol. The van der Waals surface area contributed by atoms with E-state index >= 15 is 0 Å². The molecule has 116 valence electrons. The van der Waals surface area contributed by atoms with Gasteiger partial charge in [-0.1, -0.05) is 53.4 Å². The Bertz CT molecular complexity index is 206. The molecule has 0 amide bonds. The van der Waals surface area contributed by atoms with Crippen molar-refractivity contribution in [2.75, 3.05) is 13.2 Å². The fraction of sp³-hybridized carbons (Fsp3) is 0.933. The number of aliphatic hydroxyl groups excluding tert-OH is 2. The number of carboxylic acid groups (broad SMARTS) is 1. The molecule has 0 unspecified atom stereocenters. The Morgan fingerprint density at radius 2 is 1.47 bits per heavy atom. The highest BCUT2D eigenvalue weighted by Gasteiger charge is 2.13. The number of rotatable bonds is 9. The predicted octanol–water partition coefficient (Wildman–Crippen LogP) is 3.06. The number of aliphatic hydroxyl groups is 2. The zero-order valence-corrected chi connectivity index (χ0v) is 13.0. The number of unbranched alkanes of at least 4 members (excludes halogenated alkanes) is 3. The summed E-state index contributed by atoms with van der Waals surface area (Å²) in [5.74, 6) is 0.114. The van der Waals surface area contributed by atoms with Gasteiger partial charge in [-0.2, -0.15) is 0 Å². The van der Waals surface area contributed by atoms with E-state index in [1.54, 1.807) is 13.8 Å². The molecule has 0 aromatic carbocycles. The lowest BCUT2D eigenvalue weighted by molar-refractivity contribution is -0.137. The Balaban J connectivity index is 0. The van der Waals surface area contributed by atoms with Gasteiger partial charge in [0.05, 0.1) is 13.2 Å². The summed E-state index contributed by atoms with van der Waals surface area (Å²) in [5, 5.41) is 25.2. The van der Waals surface area contributed by atoms with Crippen LogP contribution in [0.2, 0.25) is 0 Å². The van der Waals surface area contributed by atoms with Crippen LogP contribution < -0.4 is 0 Å². The highest BCUT2D eigenvalue weighted by molar-refractivity contribution is 5.66. The van der Waals surface area contributed by atoms with Gasteiger partial charge in [0.15, 0.2) is 0 Å². The fourth-order valence-corrected chi connectivity index (χ4v) is 1.23. The predicted molar refractivity (Wildman–Crippen MR) is 78.1 cm³/mol. The molecule has 4 nitrogen and oxygen atoms in total. The lowest BCUT2D eigenvalue weighted by atomic mass is 9.97. The van der Waals surface area contributed by atoms with Gasteiger partial charge in [-0.15, -0.1) is 0 Å². The van der Waals surface area contributed by atoms with Crippen LogP contribution in [0.5, 0.6) is 0 Å². The Labute approximate surface area is 117 Å². The molecule has 0 saturated heterocycles. The molecule has 0 heterocycles. The van der Waals surface area contributed by atoms with E-state index < -0.39 is 5.97 Å². The van der Waals surface area contributed by atoms with Crippen molar-refractivity contribution >= 4 is 5.97 Å². The van der Waals surface area contributed by atoms with E-state index in [4.69, 9.17) is 15.3 Å². The van der Waals surface area contributed by atoms with Crippen molar-refractivity contribution in [3.63, 3.8) is 0 Å². The number of aliphatic carboxylic acids is 1. The van der Waals surface area contributed by atoms with Crippen LogP contribution in [0.1, 0.15) is 66.2 Å². The van der Waals surface area contributed by atoms with Gasteiger partial charge in [-0.3, -0.25) is 4.79 Å². The maximum atomic E-state index is 10.1. The monoisotopic (exact) mass is 276 g/mol. The van der Waals surface area contributed by atoms with Gasteiger partial charge < -0.3 is 15.3 Å². The summed E-state index contributed by atoms with van der Waals surface area (Å²) >= 11 is 0. The zero-order chi connectivity index (χ0) is 15.3. The smallest absolute Gasteiger partial charge is 0.303 e. The van der Waals surface area contributed by atoms with Crippen LogP contribution in [0.25, 0.3) is 0 Å². The Hall–Kier alpha value is -0.610. The Morgan fingerprint density at radius 3 is 1.79 bits per heavy atom. The van der Waals surface area contributed by atoms with E-state index in [9.17, 15) is 4.79 Å². The third-order valence-corrected chi connectivity index (χ3v) is 2.78. The lowest BCUT2D eigenvalue weighted by Crippen LogP contribution is -2.20. The van der Waals surface area contributed by atoms with Crippen molar-refractivity contribution in [1.82, 2.24) is 0 Å². The summed E-state index contributed by atoms with van der Waals surface area (Å²) in [7, 11) is 0. The third-order valence-electron chi connectivity index (χ3n) is 2.78. The molecule has 0 bridgehead atoms. The fourth-order valence-electron chi connectivity index (χ4n) is 1.23. The van der Waals surface area contributed by atoms with Crippen molar-refractivity contribution in [2.45, 2.75) is 66.2 Å². The van der Waals surface area contributed by atoms with Crippen LogP contribution in [0.4, 0.5) is 0 Å². The van der Waals surface area contributed by atoms with Crippen molar-refractivity contribution in [3.05, 3.63) is 0 Å². The zero-order valence-electron chi connectivity index (χ0n) is 13.0. The highest BCUT2D eigenvalue weighted by atomic mass is 16.4. The largest absolute Gasteiger partial charge is 0.481 e. The van der Waals surface area contributed by atoms with Crippen LogP contribution in [-0.4, -0.2) is 34.5 Å². The average Bonchev–Trinajstić information content (AvgIpc) is 2.34. The minimum absolute atomic E-state index is 0.0451. The SMILES string of the molecule is CC(C)(CO)CO.CC(C)CCCCCCC(=O)O. The topological polar surface area (TPSA) is 77.8 Å². The molecule has 0 fully saturated rings. The molecule has 0 aromatic heterocycles.